The number of carbonyl (C=O) groups excluding carboxylic acids is 1. The Hall–Kier alpha value is -0.670. The molecule has 2 nitrogen and oxygen atoms in total. The molecular weight excluding hydrogens is 232 g/mol. The van der Waals surface area contributed by atoms with Crippen LogP contribution in [0.15, 0.2) is 22.7 Å². The topological polar surface area (TPSA) is 37.3 Å². The first kappa shape index (κ1) is 10.4. The molecule has 0 fully saturated rings. The van der Waals surface area contributed by atoms with Crippen molar-refractivity contribution in [2.24, 2.45) is 0 Å². The van der Waals surface area contributed by atoms with Crippen LogP contribution in [-0.2, 0) is 17.8 Å². The van der Waals surface area contributed by atoms with Gasteiger partial charge in [-0.05, 0) is 24.1 Å². The molecule has 0 radical (unpaired) electrons. The zero-order chi connectivity index (χ0) is 9.84. The third-order valence-corrected chi connectivity index (χ3v) is 2.55. The minimum Gasteiger partial charge on any atom is -0.392 e. The standard InChI is InChI=1S/C10H11BrO2/c1-7(13)5-9-8(6-12)3-2-4-10(9)11/h2-4,12H,5-6H2,1H3. The quantitative estimate of drug-likeness (QED) is 0.882. The lowest BCUT2D eigenvalue weighted by atomic mass is 10.0. The van der Waals surface area contributed by atoms with E-state index < -0.39 is 0 Å². The number of rotatable bonds is 3. The van der Waals surface area contributed by atoms with Crippen molar-refractivity contribution in [3.63, 3.8) is 0 Å². The summed E-state index contributed by atoms with van der Waals surface area (Å²) in [6.07, 6.45) is 0.372. The van der Waals surface area contributed by atoms with Crippen LogP contribution in [0.1, 0.15) is 18.1 Å². The molecule has 0 aliphatic rings. The number of carbonyl (C=O) groups is 1. The Morgan fingerprint density at radius 1 is 1.54 bits per heavy atom. The fourth-order valence-electron chi connectivity index (χ4n) is 1.20. The van der Waals surface area contributed by atoms with Crippen molar-refractivity contribution < 1.29 is 9.90 Å². The third-order valence-electron chi connectivity index (χ3n) is 1.81. The van der Waals surface area contributed by atoms with E-state index in [9.17, 15) is 4.79 Å². The maximum absolute atomic E-state index is 10.9. The van der Waals surface area contributed by atoms with Gasteiger partial charge in [-0.25, -0.2) is 0 Å². The zero-order valence-corrected chi connectivity index (χ0v) is 8.97. The SMILES string of the molecule is CC(=O)Cc1c(Br)cccc1CO. The first-order chi connectivity index (χ1) is 6.15. The van der Waals surface area contributed by atoms with Gasteiger partial charge < -0.3 is 5.11 Å². The summed E-state index contributed by atoms with van der Waals surface area (Å²) in [7, 11) is 0. The van der Waals surface area contributed by atoms with Crippen LogP contribution < -0.4 is 0 Å². The number of Topliss-reactive ketones (excluding diaryl/α,β-unsaturated/α-hetero) is 1. The van der Waals surface area contributed by atoms with Crippen LogP contribution in [0.5, 0.6) is 0 Å². The lowest BCUT2D eigenvalue weighted by Gasteiger charge is -2.07. The van der Waals surface area contributed by atoms with Crippen molar-refractivity contribution in [1.29, 1.82) is 0 Å². The van der Waals surface area contributed by atoms with Crippen LogP contribution >= 0.6 is 15.9 Å². The van der Waals surface area contributed by atoms with E-state index in [1.54, 1.807) is 6.92 Å². The Balaban J connectivity index is 3.07. The van der Waals surface area contributed by atoms with Crippen molar-refractivity contribution in [1.82, 2.24) is 0 Å². The van der Waals surface area contributed by atoms with Crippen molar-refractivity contribution in [3.05, 3.63) is 33.8 Å². The molecule has 0 aromatic heterocycles. The van der Waals surface area contributed by atoms with Gasteiger partial charge in [-0.15, -0.1) is 0 Å². The Kier molecular flexibility index (Phi) is 3.63. The first-order valence-electron chi connectivity index (χ1n) is 4.01. The molecule has 0 saturated carbocycles. The van der Waals surface area contributed by atoms with Crippen LogP contribution in [0.3, 0.4) is 0 Å². The molecule has 0 aliphatic heterocycles. The molecule has 13 heavy (non-hydrogen) atoms. The fraction of sp³-hybridized carbons (Fsp3) is 0.300. The van der Waals surface area contributed by atoms with E-state index in [-0.39, 0.29) is 12.4 Å². The molecule has 0 amide bonds. The average Bonchev–Trinajstić information content (AvgIpc) is 2.08. The van der Waals surface area contributed by atoms with Crippen molar-refractivity contribution in [2.45, 2.75) is 20.0 Å². The van der Waals surface area contributed by atoms with Gasteiger partial charge in [0.1, 0.15) is 5.78 Å². The van der Waals surface area contributed by atoms with E-state index in [1.807, 2.05) is 18.2 Å². The van der Waals surface area contributed by atoms with Crippen LogP contribution in [-0.4, -0.2) is 10.9 Å². The minimum absolute atomic E-state index is 0.0257. The minimum atomic E-state index is -0.0257. The molecule has 0 atom stereocenters. The van der Waals surface area contributed by atoms with Crippen LogP contribution in [0, 0.1) is 0 Å². The summed E-state index contributed by atoms with van der Waals surface area (Å²) in [4.78, 5) is 10.9. The van der Waals surface area contributed by atoms with Crippen LogP contribution in [0.4, 0.5) is 0 Å². The second-order valence-electron chi connectivity index (χ2n) is 2.91. The predicted molar refractivity (Wildman–Crippen MR) is 54.4 cm³/mol. The Bertz CT molecular complexity index is 321. The molecule has 0 unspecified atom stereocenters. The van der Waals surface area contributed by atoms with E-state index in [4.69, 9.17) is 5.11 Å². The summed E-state index contributed by atoms with van der Waals surface area (Å²) in [6, 6.07) is 5.54. The van der Waals surface area contributed by atoms with Crippen molar-refractivity contribution in [2.75, 3.05) is 0 Å². The molecule has 1 aromatic rings. The number of benzene rings is 1. The maximum Gasteiger partial charge on any atom is 0.134 e. The number of aliphatic hydroxyl groups is 1. The summed E-state index contributed by atoms with van der Waals surface area (Å²) in [5.41, 5.74) is 1.70. The van der Waals surface area contributed by atoms with Gasteiger partial charge in [0, 0.05) is 10.9 Å². The van der Waals surface area contributed by atoms with Gasteiger partial charge in [0.15, 0.2) is 0 Å². The molecule has 1 N–H and O–H groups in total. The summed E-state index contributed by atoms with van der Waals surface area (Å²) >= 11 is 3.35. The molecule has 0 spiro atoms. The Labute approximate surface area is 85.7 Å². The number of halogens is 1. The number of hydrogen-bond acceptors (Lipinski definition) is 2. The summed E-state index contributed by atoms with van der Waals surface area (Å²) in [5, 5.41) is 9.02. The monoisotopic (exact) mass is 242 g/mol. The van der Waals surface area contributed by atoms with Gasteiger partial charge in [-0.2, -0.15) is 0 Å². The normalized spacial score (nSPS) is 10.1. The number of hydrogen-bond donors (Lipinski definition) is 1. The van der Waals surface area contributed by atoms with Crippen molar-refractivity contribution in [3.8, 4) is 0 Å². The lowest BCUT2D eigenvalue weighted by Crippen LogP contribution is -2.02. The second-order valence-corrected chi connectivity index (χ2v) is 3.77. The Morgan fingerprint density at radius 2 is 2.23 bits per heavy atom. The Morgan fingerprint density at radius 3 is 2.77 bits per heavy atom. The highest BCUT2D eigenvalue weighted by molar-refractivity contribution is 9.10. The number of aliphatic hydroxyl groups excluding tert-OH is 1. The van der Waals surface area contributed by atoms with E-state index in [1.165, 1.54) is 0 Å². The van der Waals surface area contributed by atoms with Gasteiger partial charge in [0.2, 0.25) is 0 Å². The molecule has 3 heteroatoms. The van der Waals surface area contributed by atoms with E-state index in [0.717, 1.165) is 15.6 Å². The van der Waals surface area contributed by atoms with Crippen molar-refractivity contribution >= 4 is 21.7 Å². The number of ketones is 1. The molecule has 1 rings (SSSR count). The van der Waals surface area contributed by atoms with Gasteiger partial charge in [-0.1, -0.05) is 28.1 Å². The highest BCUT2D eigenvalue weighted by atomic mass is 79.9. The van der Waals surface area contributed by atoms with Crippen LogP contribution in [0.2, 0.25) is 0 Å². The largest absolute Gasteiger partial charge is 0.392 e. The maximum atomic E-state index is 10.9. The average molecular weight is 243 g/mol. The van der Waals surface area contributed by atoms with Gasteiger partial charge in [0.05, 0.1) is 6.61 Å². The highest BCUT2D eigenvalue weighted by Crippen LogP contribution is 2.21. The van der Waals surface area contributed by atoms with E-state index in [0.29, 0.717) is 6.42 Å². The lowest BCUT2D eigenvalue weighted by molar-refractivity contribution is -0.116. The third kappa shape index (κ3) is 2.64. The molecule has 0 bridgehead atoms. The predicted octanol–water partition coefficient (Wildman–Crippen LogP) is 2.07. The van der Waals surface area contributed by atoms with Gasteiger partial charge in [-0.3, -0.25) is 4.79 Å². The van der Waals surface area contributed by atoms with Gasteiger partial charge in [0.25, 0.3) is 0 Å². The molecule has 0 saturated heterocycles. The van der Waals surface area contributed by atoms with E-state index >= 15 is 0 Å². The summed E-state index contributed by atoms with van der Waals surface area (Å²) in [5.74, 6) is 0.0987. The molecule has 0 aliphatic carbocycles. The second kappa shape index (κ2) is 4.53. The van der Waals surface area contributed by atoms with Gasteiger partial charge >= 0.3 is 0 Å². The smallest absolute Gasteiger partial charge is 0.134 e. The summed E-state index contributed by atoms with van der Waals surface area (Å²) in [6.45, 7) is 1.52. The molecule has 0 heterocycles. The summed E-state index contributed by atoms with van der Waals surface area (Å²) < 4.78 is 0.884. The van der Waals surface area contributed by atoms with Crippen LogP contribution in [0.25, 0.3) is 0 Å². The molecule has 70 valence electrons. The first-order valence-corrected chi connectivity index (χ1v) is 4.81. The fourth-order valence-corrected chi connectivity index (χ4v) is 1.75. The van der Waals surface area contributed by atoms with E-state index in [2.05, 4.69) is 15.9 Å². The zero-order valence-electron chi connectivity index (χ0n) is 7.38. The highest BCUT2D eigenvalue weighted by Gasteiger charge is 2.07. The molecule has 1 aromatic carbocycles. The molecular formula is C10H11BrO2.